The molecule has 2 N–H and O–H groups in total. The van der Waals surface area contributed by atoms with Gasteiger partial charge in [0.05, 0.1) is 0 Å². The minimum absolute atomic E-state index is 0.0344. The van der Waals surface area contributed by atoms with Gasteiger partial charge in [-0.1, -0.05) is 20.8 Å². The van der Waals surface area contributed by atoms with E-state index in [9.17, 15) is 4.79 Å². The number of rotatable bonds is 2. The standard InChI is InChI=1S/C10H19N3O/c1-5-11-9-12-7(8(14)13-9)6-10(2,3)4/h7H,5-6H2,1-4H3,(H2,11,12,13,14). The predicted octanol–water partition coefficient (Wildman–Crippen LogP) is 0.886. The topological polar surface area (TPSA) is 53.5 Å². The third kappa shape index (κ3) is 3.01. The van der Waals surface area contributed by atoms with Gasteiger partial charge in [0, 0.05) is 6.54 Å². The molecule has 1 unspecified atom stereocenters. The highest BCUT2D eigenvalue weighted by atomic mass is 16.2. The SMILES string of the molecule is CCN=C1NC(=O)C(CC(C)(C)C)N1. The van der Waals surface area contributed by atoms with Gasteiger partial charge < -0.3 is 5.32 Å². The quantitative estimate of drug-likeness (QED) is 0.690. The van der Waals surface area contributed by atoms with Crippen molar-refractivity contribution in [3.05, 3.63) is 0 Å². The van der Waals surface area contributed by atoms with Gasteiger partial charge in [-0.05, 0) is 18.8 Å². The van der Waals surface area contributed by atoms with Gasteiger partial charge in [-0.15, -0.1) is 0 Å². The molecule has 80 valence electrons. The van der Waals surface area contributed by atoms with Crippen molar-refractivity contribution in [3.63, 3.8) is 0 Å². The van der Waals surface area contributed by atoms with Crippen molar-refractivity contribution in [3.8, 4) is 0 Å². The Morgan fingerprint density at radius 2 is 2.07 bits per heavy atom. The summed E-state index contributed by atoms with van der Waals surface area (Å²) in [5, 5.41) is 5.81. The fourth-order valence-electron chi connectivity index (χ4n) is 1.47. The molecule has 1 amide bonds. The Morgan fingerprint density at radius 3 is 2.57 bits per heavy atom. The minimum Gasteiger partial charge on any atom is -0.344 e. The smallest absolute Gasteiger partial charge is 0.249 e. The Balaban J connectivity index is 2.58. The van der Waals surface area contributed by atoms with Gasteiger partial charge in [0.1, 0.15) is 6.04 Å². The molecule has 1 rings (SSSR count). The summed E-state index contributed by atoms with van der Waals surface area (Å²) >= 11 is 0. The van der Waals surface area contributed by atoms with E-state index in [0.29, 0.717) is 12.5 Å². The van der Waals surface area contributed by atoms with E-state index >= 15 is 0 Å². The van der Waals surface area contributed by atoms with Crippen LogP contribution in [0.2, 0.25) is 0 Å². The Labute approximate surface area is 85.2 Å². The molecule has 4 nitrogen and oxygen atoms in total. The van der Waals surface area contributed by atoms with Gasteiger partial charge in [0.15, 0.2) is 5.96 Å². The molecule has 1 fully saturated rings. The summed E-state index contributed by atoms with van der Waals surface area (Å²) in [5.74, 6) is 0.652. The molecule has 0 saturated carbocycles. The van der Waals surface area contributed by atoms with Crippen LogP contribution in [0.5, 0.6) is 0 Å². The maximum atomic E-state index is 11.5. The summed E-state index contributed by atoms with van der Waals surface area (Å²) < 4.78 is 0. The molecule has 1 heterocycles. The normalized spacial score (nSPS) is 25.0. The van der Waals surface area contributed by atoms with Crippen LogP contribution in [0, 0.1) is 5.41 Å². The van der Waals surface area contributed by atoms with E-state index in [1.54, 1.807) is 0 Å². The van der Waals surface area contributed by atoms with E-state index in [1.807, 2.05) is 6.92 Å². The molecule has 0 bridgehead atoms. The van der Waals surface area contributed by atoms with Crippen LogP contribution >= 0.6 is 0 Å². The number of hydrogen-bond acceptors (Lipinski definition) is 2. The zero-order valence-electron chi connectivity index (χ0n) is 9.35. The van der Waals surface area contributed by atoms with Crippen LogP contribution in [0.3, 0.4) is 0 Å². The number of guanidine groups is 1. The summed E-state index contributed by atoms with van der Waals surface area (Å²) in [4.78, 5) is 15.6. The molecule has 4 heteroatoms. The summed E-state index contributed by atoms with van der Waals surface area (Å²) in [7, 11) is 0. The van der Waals surface area contributed by atoms with Gasteiger partial charge in [-0.3, -0.25) is 15.1 Å². The van der Waals surface area contributed by atoms with E-state index in [0.717, 1.165) is 6.42 Å². The Kier molecular flexibility index (Phi) is 3.13. The molecular weight excluding hydrogens is 178 g/mol. The largest absolute Gasteiger partial charge is 0.344 e. The van der Waals surface area contributed by atoms with E-state index in [-0.39, 0.29) is 17.4 Å². The summed E-state index contributed by atoms with van der Waals surface area (Å²) in [6.45, 7) is 8.99. The van der Waals surface area contributed by atoms with Crippen molar-refractivity contribution in [2.24, 2.45) is 10.4 Å². The number of carbonyl (C=O) groups is 1. The fourth-order valence-corrected chi connectivity index (χ4v) is 1.47. The molecule has 0 spiro atoms. The second-order valence-electron chi connectivity index (χ2n) is 4.77. The molecule has 0 aromatic heterocycles. The van der Waals surface area contributed by atoms with E-state index < -0.39 is 0 Å². The Bertz CT molecular complexity index is 253. The van der Waals surface area contributed by atoms with Crippen LogP contribution in [0.4, 0.5) is 0 Å². The van der Waals surface area contributed by atoms with Gasteiger partial charge in [0.2, 0.25) is 5.91 Å². The number of aliphatic imine (C=N–C) groups is 1. The lowest BCUT2D eigenvalue weighted by Crippen LogP contribution is -2.33. The van der Waals surface area contributed by atoms with Crippen molar-refractivity contribution >= 4 is 11.9 Å². The van der Waals surface area contributed by atoms with Gasteiger partial charge in [0.25, 0.3) is 0 Å². The highest BCUT2D eigenvalue weighted by molar-refractivity contribution is 6.06. The maximum absolute atomic E-state index is 11.5. The summed E-state index contributed by atoms with van der Waals surface area (Å²) in [6, 6.07) is -0.125. The van der Waals surface area contributed by atoms with Gasteiger partial charge in [-0.2, -0.15) is 0 Å². The first-order valence-electron chi connectivity index (χ1n) is 5.04. The number of carbonyl (C=O) groups excluding carboxylic acids is 1. The van der Waals surface area contributed by atoms with Crippen LogP contribution in [0.15, 0.2) is 4.99 Å². The molecular formula is C10H19N3O. The lowest BCUT2D eigenvalue weighted by atomic mass is 9.88. The zero-order valence-corrected chi connectivity index (χ0v) is 9.35. The summed E-state index contributed by atoms with van der Waals surface area (Å²) in [6.07, 6.45) is 0.821. The zero-order chi connectivity index (χ0) is 10.8. The maximum Gasteiger partial charge on any atom is 0.249 e. The minimum atomic E-state index is -0.125. The molecule has 1 aliphatic rings. The van der Waals surface area contributed by atoms with Crippen LogP contribution in [0.1, 0.15) is 34.1 Å². The number of nitrogens with zero attached hydrogens (tertiary/aromatic N) is 1. The summed E-state index contributed by atoms with van der Waals surface area (Å²) in [5.41, 5.74) is 0.149. The van der Waals surface area contributed by atoms with Crippen molar-refractivity contribution in [1.29, 1.82) is 0 Å². The van der Waals surface area contributed by atoms with Gasteiger partial charge in [-0.25, -0.2) is 0 Å². The van der Waals surface area contributed by atoms with Gasteiger partial charge >= 0.3 is 0 Å². The molecule has 1 aliphatic heterocycles. The predicted molar refractivity (Wildman–Crippen MR) is 57.1 cm³/mol. The van der Waals surface area contributed by atoms with Crippen molar-refractivity contribution < 1.29 is 4.79 Å². The number of nitrogens with one attached hydrogen (secondary N) is 2. The average Bonchev–Trinajstić information content (AvgIpc) is 2.29. The van der Waals surface area contributed by atoms with Crippen LogP contribution in [0.25, 0.3) is 0 Å². The molecule has 1 atom stereocenters. The molecule has 1 saturated heterocycles. The van der Waals surface area contributed by atoms with Crippen LogP contribution in [-0.4, -0.2) is 24.5 Å². The van der Waals surface area contributed by atoms with E-state index in [1.165, 1.54) is 0 Å². The highest BCUT2D eigenvalue weighted by Gasteiger charge is 2.31. The second kappa shape index (κ2) is 3.98. The van der Waals surface area contributed by atoms with E-state index in [4.69, 9.17) is 0 Å². The van der Waals surface area contributed by atoms with Crippen molar-refractivity contribution in [2.75, 3.05) is 6.54 Å². The Hall–Kier alpha value is -1.06. The van der Waals surface area contributed by atoms with Crippen molar-refractivity contribution in [2.45, 2.75) is 40.2 Å². The molecule has 0 aromatic rings. The Morgan fingerprint density at radius 1 is 1.43 bits per heavy atom. The fraction of sp³-hybridized carbons (Fsp3) is 0.800. The van der Waals surface area contributed by atoms with E-state index in [2.05, 4.69) is 36.4 Å². The lowest BCUT2D eigenvalue weighted by molar-refractivity contribution is -0.120. The number of hydrogen-bond donors (Lipinski definition) is 2. The molecule has 14 heavy (non-hydrogen) atoms. The lowest BCUT2D eigenvalue weighted by Gasteiger charge is -2.20. The number of amides is 1. The molecule has 0 aromatic carbocycles. The second-order valence-corrected chi connectivity index (χ2v) is 4.77. The molecule has 0 radical (unpaired) electrons. The molecule has 0 aliphatic carbocycles. The highest BCUT2D eigenvalue weighted by Crippen LogP contribution is 2.21. The monoisotopic (exact) mass is 197 g/mol. The first kappa shape index (κ1) is 11.0. The first-order valence-corrected chi connectivity index (χ1v) is 5.04. The third-order valence-electron chi connectivity index (χ3n) is 2.00. The first-order chi connectivity index (χ1) is 6.42. The van der Waals surface area contributed by atoms with Crippen LogP contribution in [-0.2, 0) is 4.79 Å². The van der Waals surface area contributed by atoms with Crippen molar-refractivity contribution in [1.82, 2.24) is 10.6 Å². The van der Waals surface area contributed by atoms with Crippen LogP contribution < -0.4 is 10.6 Å². The average molecular weight is 197 g/mol. The third-order valence-corrected chi connectivity index (χ3v) is 2.00.